The van der Waals surface area contributed by atoms with Crippen molar-refractivity contribution in [3.8, 4) is 16.9 Å². The van der Waals surface area contributed by atoms with Crippen molar-refractivity contribution in [2.24, 2.45) is 0 Å². The Morgan fingerprint density at radius 3 is 2.12 bits per heavy atom. The van der Waals surface area contributed by atoms with Crippen LogP contribution < -0.4 is 5.32 Å². The molecule has 2 aromatic heterocycles. The molecule has 6 rings (SSSR count). The molecule has 6 heteroatoms. The number of para-hydroxylation sites is 1. The van der Waals surface area contributed by atoms with E-state index in [-0.39, 0.29) is 6.04 Å². The molecule has 0 unspecified atom stereocenters. The summed E-state index contributed by atoms with van der Waals surface area (Å²) in [5, 5.41) is 12.9. The monoisotopic (exact) mass is 416 g/mol. The summed E-state index contributed by atoms with van der Waals surface area (Å²) >= 11 is 0. The van der Waals surface area contributed by atoms with Crippen molar-refractivity contribution in [2.45, 2.75) is 6.04 Å². The van der Waals surface area contributed by atoms with Crippen LogP contribution in [0, 0.1) is 0 Å². The van der Waals surface area contributed by atoms with E-state index in [2.05, 4.69) is 64.1 Å². The number of benzene rings is 3. The number of anilines is 1. The van der Waals surface area contributed by atoms with Crippen LogP contribution in [0.15, 0.2) is 110 Å². The number of nitrogens with one attached hydrogen (secondary N) is 1. The number of hydrogen-bond donors (Lipinski definition) is 1. The molecule has 3 aromatic carbocycles. The predicted molar refractivity (Wildman–Crippen MR) is 125 cm³/mol. The molecule has 32 heavy (non-hydrogen) atoms. The van der Waals surface area contributed by atoms with Crippen LogP contribution >= 0.6 is 0 Å². The van der Waals surface area contributed by atoms with E-state index >= 15 is 0 Å². The average Bonchev–Trinajstić information content (AvgIpc) is 3.53. The molecule has 0 saturated heterocycles. The van der Waals surface area contributed by atoms with Crippen molar-refractivity contribution < 1.29 is 0 Å². The van der Waals surface area contributed by atoms with Crippen molar-refractivity contribution in [3.63, 3.8) is 0 Å². The maximum absolute atomic E-state index is 4.99. The second-order valence-electron chi connectivity index (χ2n) is 7.62. The van der Waals surface area contributed by atoms with Gasteiger partial charge in [-0.2, -0.15) is 15.2 Å². The zero-order valence-corrected chi connectivity index (χ0v) is 17.2. The molecule has 0 aliphatic carbocycles. The Bertz CT molecular complexity index is 1380. The normalized spacial score (nSPS) is 15.0. The molecule has 1 N–H and O–H groups in total. The highest BCUT2D eigenvalue weighted by Gasteiger charge is 2.28. The Balaban J connectivity index is 1.55. The molecule has 3 heterocycles. The lowest BCUT2D eigenvalue weighted by molar-refractivity contribution is 0.612. The molecule has 0 amide bonds. The van der Waals surface area contributed by atoms with Gasteiger partial charge in [0.2, 0.25) is 5.95 Å². The summed E-state index contributed by atoms with van der Waals surface area (Å²) in [7, 11) is 0. The first-order valence-electron chi connectivity index (χ1n) is 10.5. The smallest absolute Gasteiger partial charge is 0.226 e. The maximum atomic E-state index is 4.99. The van der Waals surface area contributed by atoms with Gasteiger partial charge in [0.15, 0.2) is 0 Å². The zero-order chi connectivity index (χ0) is 21.3. The van der Waals surface area contributed by atoms with Gasteiger partial charge >= 0.3 is 0 Å². The molecule has 1 aliphatic heterocycles. The second kappa shape index (κ2) is 7.67. The van der Waals surface area contributed by atoms with E-state index in [1.807, 2.05) is 64.0 Å². The summed E-state index contributed by atoms with van der Waals surface area (Å²) in [6, 6.07) is 30.5. The topological polar surface area (TPSA) is 60.6 Å². The van der Waals surface area contributed by atoms with Crippen LogP contribution in [-0.4, -0.2) is 24.5 Å². The van der Waals surface area contributed by atoms with Gasteiger partial charge in [-0.25, -0.2) is 9.36 Å². The van der Waals surface area contributed by atoms with E-state index in [0.717, 1.165) is 33.8 Å². The van der Waals surface area contributed by atoms with Crippen molar-refractivity contribution >= 4 is 11.6 Å². The molecule has 5 aromatic rings. The first kappa shape index (κ1) is 18.3. The molecule has 0 radical (unpaired) electrons. The van der Waals surface area contributed by atoms with Crippen molar-refractivity contribution in [3.05, 3.63) is 121 Å². The number of hydrogen-bond acceptors (Lipinski definition) is 4. The second-order valence-corrected chi connectivity index (χ2v) is 7.62. The fourth-order valence-electron chi connectivity index (χ4n) is 4.08. The molecule has 1 atom stereocenters. The SMILES string of the molecule is C1=C(c2ccccc2)Nc2ncnn2[C@H]1c1cn(-c2ccccc2)nc1-c1ccccc1. The van der Waals surface area contributed by atoms with E-state index in [4.69, 9.17) is 5.10 Å². The van der Waals surface area contributed by atoms with Gasteiger partial charge in [-0.05, 0) is 23.8 Å². The van der Waals surface area contributed by atoms with Crippen LogP contribution in [0.3, 0.4) is 0 Å². The third-order valence-electron chi connectivity index (χ3n) is 5.62. The minimum atomic E-state index is -0.156. The van der Waals surface area contributed by atoms with Gasteiger partial charge in [0, 0.05) is 23.0 Å². The van der Waals surface area contributed by atoms with Crippen molar-refractivity contribution in [1.29, 1.82) is 0 Å². The Hall–Kier alpha value is -4.45. The number of rotatable bonds is 4. The first-order chi connectivity index (χ1) is 15.9. The Morgan fingerprint density at radius 2 is 1.41 bits per heavy atom. The van der Waals surface area contributed by atoms with Crippen LogP contribution in [-0.2, 0) is 0 Å². The lowest BCUT2D eigenvalue weighted by Crippen LogP contribution is -2.20. The van der Waals surface area contributed by atoms with Crippen LogP contribution in [0.5, 0.6) is 0 Å². The maximum Gasteiger partial charge on any atom is 0.226 e. The van der Waals surface area contributed by atoms with Crippen molar-refractivity contribution in [2.75, 3.05) is 5.32 Å². The van der Waals surface area contributed by atoms with E-state index < -0.39 is 0 Å². The van der Waals surface area contributed by atoms with E-state index in [1.165, 1.54) is 0 Å². The van der Waals surface area contributed by atoms with Gasteiger partial charge in [0.25, 0.3) is 0 Å². The van der Waals surface area contributed by atoms with E-state index in [0.29, 0.717) is 5.95 Å². The lowest BCUT2D eigenvalue weighted by atomic mass is 9.99. The Labute approximate surface area is 185 Å². The van der Waals surface area contributed by atoms with Gasteiger partial charge in [-0.1, -0.05) is 78.9 Å². The van der Waals surface area contributed by atoms with E-state index in [9.17, 15) is 0 Å². The molecule has 0 saturated carbocycles. The largest absolute Gasteiger partial charge is 0.324 e. The molecular weight excluding hydrogens is 396 g/mol. The molecule has 1 aliphatic rings. The predicted octanol–water partition coefficient (Wildman–Crippen LogP) is 5.19. The molecule has 0 bridgehead atoms. The van der Waals surface area contributed by atoms with Crippen LogP contribution in [0.1, 0.15) is 17.2 Å². The Kier molecular flexibility index (Phi) is 4.39. The highest BCUT2D eigenvalue weighted by Crippen LogP contribution is 2.36. The summed E-state index contributed by atoms with van der Waals surface area (Å²) in [5.41, 5.74) is 6.15. The number of nitrogens with zero attached hydrogens (tertiary/aromatic N) is 5. The Morgan fingerprint density at radius 1 is 0.750 bits per heavy atom. The van der Waals surface area contributed by atoms with Gasteiger partial charge in [-0.15, -0.1) is 0 Å². The zero-order valence-electron chi connectivity index (χ0n) is 17.2. The summed E-state index contributed by atoms with van der Waals surface area (Å²) < 4.78 is 3.84. The van der Waals surface area contributed by atoms with Crippen LogP contribution in [0.2, 0.25) is 0 Å². The highest BCUT2D eigenvalue weighted by molar-refractivity contribution is 5.78. The number of allylic oxidation sites excluding steroid dienone is 1. The lowest BCUT2D eigenvalue weighted by Gasteiger charge is -2.24. The third-order valence-corrected chi connectivity index (χ3v) is 5.62. The fourth-order valence-corrected chi connectivity index (χ4v) is 4.08. The highest BCUT2D eigenvalue weighted by atomic mass is 15.4. The summed E-state index contributed by atoms with van der Waals surface area (Å²) in [5.74, 6) is 0.711. The fraction of sp³-hybridized carbons (Fsp3) is 0.0385. The van der Waals surface area contributed by atoms with Gasteiger partial charge in [-0.3, -0.25) is 0 Å². The minimum absolute atomic E-state index is 0.156. The minimum Gasteiger partial charge on any atom is -0.324 e. The summed E-state index contributed by atoms with van der Waals surface area (Å²) in [6.45, 7) is 0. The molecule has 0 fully saturated rings. The number of fused-ring (bicyclic) bond motifs is 1. The van der Waals surface area contributed by atoms with Crippen LogP contribution in [0.4, 0.5) is 5.95 Å². The van der Waals surface area contributed by atoms with Gasteiger partial charge in [0.1, 0.15) is 12.4 Å². The standard InChI is InChI=1S/C26H20N6/c1-4-10-19(11-5-1)23-16-24(32-26(29-23)27-18-28-32)22-17-31(21-14-8-3-9-15-21)30-25(22)20-12-6-2-7-13-20/h1-18,24H,(H,27,28,29)/t24-/m1/s1. The van der Waals surface area contributed by atoms with Crippen molar-refractivity contribution in [1.82, 2.24) is 24.5 Å². The molecule has 154 valence electrons. The molecule has 0 spiro atoms. The first-order valence-corrected chi connectivity index (χ1v) is 10.5. The quantitative estimate of drug-likeness (QED) is 0.438. The summed E-state index contributed by atoms with van der Waals surface area (Å²) in [6.07, 6.45) is 5.87. The van der Waals surface area contributed by atoms with Gasteiger partial charge < -0.3 is 5.32 Å². The molecular formula is C26H20N6. The average molecular weight is 416 g/mol. The summed E-state index contributed by atoms with van der Waals surface area (Å²) in [4.78, 5) is 4.45. The molecule has 6 nitrogen and oxygen atoms in total. The van der Waals surface area contributed by atoms with E-state index in [1.54, 1.807) is 6.33 Å². The number of aromatic nitrogens is 5. The third kappa shape index (κ3) is 3.18. The van der Waals surface area contributed by atoms with Crippen LogP contribution in [0.25, 0.3) is 22.6 Å². The van der Waals surface area contributed by atoms with Gasteiger partial charge in [0.05, 0.1) is 11.4 Å².